The summed E-state index contributed by atoms with van der Waals surface area (Å²) >= 11 is 1.60. The van der Waals surface area contributed by atoms with Gasteiger partial charge in [-0.3, -0.25) is 9.59 Å². The van der Waals surface area contributed by atoms with E-state index in [1.807, 2.05) is 34.5 Å². The van der Waals surface area contributed by atoms with E-state index in [2.05, 4.69) is 15.0 Å². The lowest BCUT2D eigenvalue weighted by molar-refractivity contribution is -0.135. The number of carbonyl (C=O) groups excluding carboxylic acids is 1. The van der Waals surface area contributed by atoms with E-state index in [0.29, 0.717) is 17.6 Å². The van der Waals surface area contributed by atoms with E-state index < -0.39 is 0 Å². The summed E-state index contributed by atoms with van der Waals surface area (Å²) in [4.78, 5) is 38.6. The topological polar surface area (TPSA) is 79.0 Å². The minimum absolute atomic E-state index is 0.0686. The summed E-state index contributed by atoms with van der Waals surface area (Å²) in [7, 11) is 0. The van der Waals surface area contributed by atoms with Gasteiger partial charge in [0.15, 0.2) is 0 Å². The SMILES string of the molecule is O=C(CCc1nc2ccccc2[nH]c1=O)N1CCCC[C@@H]1c1nccs1. The molecule has 1 atom stereocenters. The number of nitrogens with one attached hydrogen (secondary N) is 1. The van der Waals surface area contributed by atoms with Gasteiger partial charge in [-0.15, -0.1) is 11.3 Å². The summed E-state index contributed by atoms with van der Waals surface area (Å²) in [6.45, 7) is 0.755. The number of para-hydroxylation sites is 2. The van der Waals surface area contributed by atoms with Crippen LogP contribution in [0.1, 0.15) is 42.4 Å². The second-order valence-electron chi connectivity index (χ2n) is 6.50. The van der Waals surface area contributed by atoms with Crippen molar-refractivity contribution in [1.82, 2.24) is 19.9 Å². The minimum atomic E-state index is -0.216. The molecule has 3 aromatic rings. The van der Waals surface area contributed by atoms with Crippen molar-refractivity contribution in [2.45, 2.75) is 38.1 Å². The number of aromatic amines is 1. The zero-order valence-electron chi connectivity index (χ0n) is 14.4. The molecule has 0 aliphatic carbocycles. The molecule has 1 aliphatic rings. The predicted molar refractivity (Wildman–Crippen MR) is 101 cm³/mol. The summed E-state index contributed by atoms with van der Waals surface area (Å²) in [6.07, 6.45) is 5.50. The van der Waals surface area contributed by atoms with Gasteiger partial charge in [-0.25, -0.2) is 9.97 Å². The summed E-state index contributed by atoms with van der Waals surface area (Å²) in [5.74, 6) is 0.0688. The number of fused-ring (bicyclic) bond motifs is 1. The van der Waals surface area contributed by atoms with Gasteiger partial charge in [0.2, 0.25) is 5.91 Å². The van der Waals surface area contributed by atoms with E-state index in [1.54, 1.807) is 17.5 Å². The summed E-state index contributed by atoms with van der Waals surface area (Å²) < 4.78 is 0. The number of rotatable bonds is 4. The summed E-state index contributed by atoms with van der Waals surface area (Å²) in [5, 5.41) is 2.95. The van der Waals surface area contributed by atoms with E-state index in [9.17, 15) is 9.59 Å². The quantitative estimate of drug-likeness (QED) is 0.768. The van der Waals surface area contributed by atoms with Crippen molar-refractivity contribution in [2.75, 3.05) is 6.54 Å². The average molecular weight is 368 g/mol. The Morgan fingerprint density at radius 2 is 2.19 bits per heavy atom. The first kappa shape index (κ1) is 16.9. The highest BCUT2D eigenvalue weighted by molar-refractivity contribution is 7.09. The van der Waals surface area contributed by atoms with Crippen LogP contribution < -0.4 is 5.56 Å². The molecule has 0 unspecified atom stereocenters. The molecule has 4 rings (SSSR count). The zero-order chi connectivity index (χ0) is 17.9. The van der Waals surface area contributed by atoms with Crippen molar-refractivity contribution in [1.29, 1.82) is 0 Å². The number of benzene rings is 1. The van der Waals surface area contributed by atoms with Crippen molar-refractivity contribution in [2.24, 2.45) is 0 Å². The average Bonchev–Trinajstić information content (AvgIpc) is 3.20. The van der Waals surface area contributed by atoms with Crippen LogP contribution in [0.2, 0.25) is 0 Å². The molecular formula is C19H20N4O2S. The first-order chi connectivity index (χ1) is 12.7. The second-order valence-corrected chi connectivity index (χ2v) is 7.42. The fourth-order valence-corrected chi connectivity index (χ4v) is 4.28. The number of nitrogens with zero attached hydrogens (tertiary/aromatic N) is 3. The number of likely N-dealkylation sites (tertiary alicyclic amines) is 1. The fraction of sp³-hybridized carbons (Fsp3) is 0.368. The largest absolute Gasteiger partial charge is 0.333 e. The smallest absolute Gasteiger partial charge is 0.270 e. The Balaban J connectivity index is 1.49. The molecule has 1 aromatic carbocycles. The molecule has 26 heavy (non-hydrogen) atoms. The van der Waals surface area contributed by atoms with Crippen molar-refractivity contribution < 1.29 is 4.79 Å². The molecule has 1 N–H and O–H groups in total. The third-order valence-corrected chi connectivity index (χ3v) is 5.68. The maximum atomic E-state index is 12.8. The Morgan fingerprint density at radius 1 is 1.31 bits per heavy atom. The fourth-order valence-electron chi connectivity index (χ4n) is 3.49. The van der Waals surface area contributed by atoms with Gasteiger partial charge in [0.05, 0.1) is 17.1 Å². The molecule has 0 bridgehead atoms. The molecule has 6 nitrogen and oxygen atoms in total. The lowest BCUT2D eigenvalue weighted by Gasteiger charge is -2.34. The van der Waals surface area contributed by atoms with Crippen LogP contribution in [0.3, 0.4) is 0 Å². The highest BCUT2D eigenvalue weighted by Gasteiger charge is 2.29. The Kier molecular flexibility index (Phi) is 4.79. The number of aryl methyl sites for hydroxylation is 1. The summed E-state index contributed by atoms with van der Waals surface area (Å²) in [5.41, 5.74) is 1.66. The van der Waals surface area contributed by atoms with E-state index >= 15 is 0 Å². The van der Waals surface area contributed by atoms with E-state index in [4.69, 9.17) is 0 Å². The first-order valence-electron chi connectivity index (χ1n) is 8.89. The molecular weight excluding hydrogens is 348 g/mol. The normalized spacial score (nSPS) is 17.5. The van der Waals surface area contributed by atoms with Crippen molar-refractivity contribution >= 4 is 28.3 Å². The number of amides is 1. The third-order valence-electron chi connectivity index (χ3n) is 4.81. The Labute approximate surface area is 154 Å². The first-order valence-corrected chi connectivity index (χ1v) is 9.77. The highest BCUT2D eigenvalue weighted by Crippen LogP contribution is 2.32. The molecule has 2 aromatic heterocycles. The number of thiazole rings is 1. The molecule has 0 spiro atoms. The van der Waals surface area contributed by atoms with Gasteiger partial charge in [0.25, 0.3) is 5.56 Å². The second kappa shape index (κ2) is 7.37. The standard InChI is InChI=1S/C19H20N4O2S/c24-17(23-11-4-3-7-16(23)19-20-10-12-26-19)9-8-15-18(25)22-14-6-2-1-5-13(14)21-15/h1-2,5-6,10,12,16H,3-4,7-9,11H2,(H,22,25)/t16-/m1/s1. The van der Waals surface area contributed by atoms with Crippen molar-refractivity contribution in [3.8, 4) is 0 Å². The van der Waals surface area contributed by atoms with Crippen LogP contribution >= 0.6 is 11.3 Å². The Morgan fingerprint density at radius 3 is 3.04 bits per heavy atom. The van der Waals surface area contributed by atoms with E-state index in [0.717, 1.165) is 36.3 Å². The van der Waals surface area contributed by atoms with Crippen LogP contribution in [-0.4, -0.2) is 32.3 Å². The number of aromatic nitrogens is 3. The minimum Gasteiger partial charge on any atom is -0.333 e. The van der Waals surface area contributed by atoms with Gasteiger partial charge in [-0.05, 0) is 31.4 Å². The zero-order valence-corrected chi connectivity index (χ0v) is 15.2. The number of hydrogen-bond acceptors (Lipinski definition) is 5. The van der Waals surface area contributed by atoms with E-state index in [-0.39, 0.29) is 23.9 Å². The Hall–Kier alpha value is -2.54. The van der Waals surface area contributed by atoms with Gasteiger partial charge in [0.1, 0.15) is 10.7 Å². The monoisotopic (exact) mass is 368 g/mol. The maximum Gasteiger partial charge on any atom is 0.270 e. The maximum absolute atomic E-state index is 12.8. The Bertz CT molecular complexity index is 967. The molecule has 1 aliphatic heterocycles. The van der Waals surface area contributed by atoms with Crippen LogP contribution in [-0.2, 0) is 11.2 Å². The molecule has 1 fully saturated rings. The lowest BCUT2D eigenvalue weighted by Crippen LogP contribution is -2.38. The van der Waals surface area contributed by atoms with E-state index in [1.165, 1.54) is 0 Å². The molecule has 0 saturated carbocycles. The third kappa shape index (κ3) is 3.39. The van der Waals surface area contributed by atoms with Crippen LogP contribution in [0.25, 0.3) is 11.0 Å². The molecule has 134 valence electrons. The molecule has 3 heterocycles. The molecule has 1 saturated heterocycles. The van der Waals surface area contributed by atoms with Gasteiger partial charge < -0.3 is 9.88 Å². The number of piperidine rings is 1. The van der Waals surface area contributed by atoms with Crippen molar-refractivity contribution in [3.63, 3.8) is 0 Å². The lowest BCUT2D eigenvalue weighted by atomic mass is 10.0. The molecule has 7 heteroatoms. The van der Waals surface area contributed by atoms with Gasteiger partial charge in [-0.2, -0.15) is 0 Å². The number of H-pyrrole nitrogens is 1. The number of carbonyl (C=O) groups is 1. The summed E-state index contributed by atoms with van der Waals surface area (Å²) in [6, 6.07) is 7.50. The van der Waals surface area contributed by atoms with Crippen LogP contribution in [0.5, 0.6) is 0 Å². The molecule has 0 radical (unpaired) electrons. The number of hydrogen-bond donors (Lipinski definition) is 1. The highest BCUT2D eigenvalue weighted by atomic mass is 32.1. The van der Waals surface area contributed by atoms with Crippen molar-refractivity contribution in [3.05, 3.63) is 56.9 Å². The van der Waals surface area contributed by atoms with Crippen LogP contribution in [0.15, 0.2) is 40.6 Å². The van der Waals surface area contributed by atoms with Gasteiger partial charge in [-0.1, -0.05) is 12.1 Å². The van der Waals surface area contributed by atoms with Crippen LogP contribution in [0.4, 0.5) is 0 Å². The molecule has 1 amide bonds. The predicted octanol–water partition coefficient (Wildman–Crippen LogP) is 3.07. The van der Waals surface area contributed by atoms with Gasteiger partial charge >= 0.3 is 0 Å². The van der Waals surface area contributed by atoms with Gasteiger partial charge in [0, 0.05) is 31.0 Å². The van der Waals surface area contributed by atoms with Crippen LogP contribution in [0, 0.1) is 0 Å².